The first-order chi connectivity index (χ1) is 27.1. The fourth-order valence-corrected chi connectivity index (χ4v) is 10.8. The predicted octanol–water partition coefficient (Wildman–Crippen LogP) is 13.5. The summed E-state index contributed by atoms with van der Waals surface area (Å²) in [7, 11) is 0. The quantitative estimate of drug-likeness (QED) is 0.176. The van der Waals surface area contributed by atoms with Gasteiger partial charge in [0.1, 0.15) is 11.5 Å². The smallest absolute Gasteiger partial charge is 0.128 e. The van der Waals surface area contributed by atoms with E-state index in [4.69, 9.17) is 0 Å². The van der Waals surface area contributed by atoms with Gasteiger partial charge in [-0.1, -0.05) is 133 Å². The topological polar surface area (TPSA) is 40.5 Å². The summed E-state index contributed by atoms with van der Waals surface area (Å²) in [6.45, 7) is 0. The maximum Gasteiger partial charge on any atom is 0.128 e. The van der Waals surface area contributed by atoms with Crippen LogP contribution in [-0.4, -0.2) is 10.2 Å². The van der Waals surface area contributed by atoms with E-state index in [1.165, 1.54) is 11.1 Å². The summed E-state index contributed by atoms with van der Waals surface area (Å²) in [4.78, 5) is 0. The first-order valence-corrected chi connectivity index (χ1v) is 19.5. The number of hydrogen-bond acceptors (Lipinski definition) is 2. The minimum absolute atomic E-state index is 0.328. The molecule has 0 aromatic heterocycles. The molecule has 55 heavy (non-hydrogen) atoms. The number of benzene rings is 10. The Morgan fingerprint density at radius 2 is 0.709 bits per heavy atom. The molecule has 0 saturated heterocycles. The number of phenolic OH excluding ortho intramolecular Hbond substituents is 2. The Bertz CT molecular complexity index is 2970. The van der Waals surface area contributed by atoms with E-state index in [2.05, 4.69) is 158 Å². The number of aryl methyl sites for hydroxylation is 2. The highest BCUT2D eigenvalue weighted by Gasteiger charge is 2.47. The molecule has 0 fully saturated rings. The normalized spacial score (nSPS) is 14.5. The number of phenols is 2. The molecule has 0 aliphatic heterocycles. The molecule has 10 aromatic carbocycles. The Hall–Kier alpha value is -6.64. The molecule has 2 nitrogen and oxygen atoms in total. The standard InChI is InChI=1S/C53H36O2/c54-51-43(47-39-19-5-1-11-33(39)27-34-12-2-6-20-40(34)47)29-37-17-9-15-31-23-25-53(49(51)45(31)37)26-24-32-16-10-18-38-30-44(52(55)50(53)46(32)38)48-41-21-7-3-13-35(41)28-36-14-4-8-22-42(36)48/h1-22,27-30,54-55H,23-26H2. The van der Waals surface area contributed by atoms with Crippen LogP contribution in [0.3, 0.4) is 0 Å². The number of aromatic hydroxyl groups is 2. The Kier molecular flexibility index (Phi) is 6.27. The van der Waals surface area contributed by atoms with Gasteiger partial charge in [0.05, 0.1) is 0 Å². The summed E-state index contributed by atoms with van der Waals surface area (Å²) < 4.78 is 0. The lowest BCUT2D eigenvalue weighted by atomic mass is 9.58. The van der Waals surface area contributed by atoms with E-state index in [0.717, 1.165) is 124 Å². The molecule has 12 rings (SSSR count). The van der Waals surface area contributed by atoms with Crippen molar-refractivity contribution in [2.45, 2.75) is 31.1 Å². The highest BCUT2D eigenvalue weighted by atomic mass is 16.3. The van der Waals surface area contributed by atoms with Crippen molar-refractivity contribution in [3.05, 3.63) is 180 Å². The summed E-state index contributed by atoms with van der Waals surface area (Å²) in [6.07, 6.45) is 3.32. The average molecular weight is 705 g/mol. The van der Waals surface area contributed by atoms with Gasteiger partial charge in [-0.25, -0.2) is 0 Å². The minimum Gasteiger partial charge on any atom is -0.507 e. The molecule has 0 saturated carbocycles. The maximum absolute atomic E-state index is 13.2. The van der Waals surface area contributed by atoms with Crippen LogP contribution in [0.4, 0.5) is 0 Å². The average Bonchev–Trinajstić information content (AvgIpc) is 3.22. The zero-order chi connectivity index (χ0) is 36.4. The lowest BCUT2D eigenvalue weighted by Crippen LogP contribution is -2.35. The molecular formula is C53H36O2. The van der Waals surface area contributed by atoms with E-state index >= 15 is 0 Å². The third-order valence-electron chi connectivity index (χ3n) is 13.1. The Morgan fingerprint density at radius 1 is 0.364 bits per heavy atom. The molecule has 2 aliphatic rings. The van der Waals surface area contributed by atoms with Crippen LogP contribution in [0.15, 0.2) is 158 Å². The largest absolute Gasteiger partial charge is 0.507 e. The van der Waals surface area contributed by atoms with E-state index < -0.39 is 5.41 Å². The van der Waals surface area contributed by atoms with Crippen molar-refractivity contribution in [2.24, 2.45) is 0 Å². The molecule has 0 heterocycles. The summed E-state index contributed by atoms with van der Waals surface area (Å²) in [6, 6.07) is 56.3. The second-order valence-corrected chi connectivity index (χ2v) is 15.8. The van der Waals surface area contributed by atoms with Crippen LogP contribution in [0.25, 0.3) is 86.9 Å². The van der Waals surface area contributed by atoms with Crippen molar-refractivity contribution in [1.82, 2.24) is 0 Å². The monoisotopic (exact) mass is 704 g/mol. The zero-order valence-electron chi connectivity index (χ0n) is 30.2. The number of fused-ring (bicyclic) bond motifs is 6. The minimum atomic E-state index is -0.625. The Balaban J connectivity index is 1.24. The van der Waals surface area contributed by atoms with Gasteiger partial charge in [-0.2, -0.15) is 0 Å². The van der Waals surface area contributed by atoms with Crippen LogP contribution in [0, 0.1) is 0 Å². The third-order valence-corrected chi connectivity index (χ3v) is 13.1. The van der Waals surface area contributed by atoms with E-state index in [1.807, 2.05) is 0 Å². The number of rotatable bonds is 2. The SMILES string of the molecule is Oc1c(-c2c3ccccc3cc3ccccc23)cc2cccc3c2c1C1(CC3)CCc2cccc3cc(-c4c5ccccc5cc5ccccc45)c(O)c1c23. The Morgan fingerprint density at radius 3 is 1.09 bits per heavy atom. The van der Waals surface area contributed by atoms with Crippen molar-refractivity contribution in [3.63, 3.8) is 0 Å². The van der Waals surface area contributed by atoms with Gasteiger partial charge in [0.2, 0.25) is 0 Å². The molecule has 0 bridgehead atoms. The molecule has 0 unspecified atom stereocenters. The molecule has 2 aliphatic carbocycles. The van der Waals surface area contributed by atoms with Crippen LogP contribution in [0.1, 0.15) is 35.1 Å². The highest BCUT2D eigenvalue weighted by molar-refractivity contribution is 6.17. The van der Waals surface area contributed by atoms with Gasteiger partial charge in [0.25, 0.3) is 0 Å². The first-order valence-electron chi connectivity index (χ1n) is 19.5. The van der Waals surface area contributed by atoms with Gasteiger partial charge in [0, 0.05) is 38.8 Å². The third kappa shape index (κ3) is 4.14. The van der Waals surface area contributed by atoms with Gasteiger partial charge in [-0.3, -0.25) is 0 Å². The second-order valence-electron chi connectivity index (χ2n) is 15.8. The summed E-state index contributed by atoms with van der Waals surface area (Å²) in [5.41, 5.74) is 7.62. The molecule has 10 aromatic rings. The summed E-state index contributed by atoms with van der Waals surface area (Å²) in [5, 5.41) is 40.0. The van der Waals surface area contributed by atoms with Gasteiger partial charge in [0.15, 0.2) is 0 Å². The lowest BCUT2D eigenvalue weighted by Gasteiger charge is -2.44. The highest BCUT2D eigenvalue weighted by Crippen LogP contribution is 2.61. The predicted molar refractivity (Wildman–Crippen MR) is 230 cm³/mol. The molecule has 260 valence electrons. The molecule has 0 atom stereocenters. The fourth-order valence-electron chi connectivity index (χ4n) is 10.8. The maximum atomic E-state index is 13.2. The van der Waals surface area contributed by atoms with Gasteiger partial charge < -0.3 is 10.2 Å². The van der Waals surface area contributed by atoms with E-state index in [0.29, 0.717) is 11.5 Å². The number of hydrogen-bond donors (Lipinski definition) is 2. The van der Waals surface area contributed by atoms with E-state index in [-0.39, 0.29) is 0 Å². The van der Waals surface area contributed by atoms with E-state index in [1.54, 1.807) is 0 Å². The first kappa shape index (κ1) is 30.8. The molecule has 0 radical (unpaired) electrons. The molecule has 2 N–H and O–H groups in total. The van der Waals surface area contributed by atoms with E-state index in [9.17, 15) is 10.2 Å². The second kappa shape index (κ2) is 11.2. The van der Waals surface area contributed by atoms with Crippen LogP contribution in [0.5, 0.6) is 11.5 Å². The lowest BCUT2D eigenvalue weighted by molar-refractivity contribution is 0.376. The van der Waals surface area contributed by atoms with Crippen LogP contribution < -0.4 is 0 Å². The molecule has 2 heteroatoms. The molecule has 1 spiro atoms. The van der Waals surface area contributed by atoms with Crippen LogP contribution >= 0.6 is 0 Å². The van der Waals surface area contributed by atoms with Crippen molar-refractivity contribution in [2.75, 3.05) is 0 Å². The van der Waals surface area contributed by atoms with Gasteiger partial charge >= 0.3 is 0 Å². The fraction of sp³-hybridized carbons (Fsp3) is 0.0943. The summed E-state index contributed by atoms with van der Waals surface area (Å²) in [5.74, 6) is 0.656. The van der Waals surface area contributed by atoms with Crippen molar-refractivity contribution in [1.29, 1.82) is 0 Å². The van der Waals surface area contributed by atoms with Gasteiger partial charge in [-0.15, -0.1) is 0 Å². The molecular weight excluding hydrogens is 669 g/mol. The van der Waals surface area contributed by atoms with Crippen molar-refractivity contribution < 1.29 is 10.2 Å². The van der Waals surface area contributed by atoms with Crippen molar-refractivity contribution >= 4 is 64.6 Å². The van der Waals surface area contributed by atoms with Crippen LogP contribution in [-0.2, 0) is 18.3 Å². The summed E-state index contributed by atoms with van der Waals surface area (Å²) >= 11 is 0. The van der Waals surface area contributed by atoms with Crippen LogP contribution in [0.2, 0.25) is 0 Å². The van der Waals surface area contributed by atoms with Crippen molar-refractivity contribution in [3.8, 4) is 33.8 Å². The molecule has 0 amide bonds. The Labute approximate surface area is 318 Å². The zero-order valence-corrected chi connectivity index (χ0v) is 30.2. The van der Waals surface area contributed by atoms with Gasteiger partial charge in [-0.05, 0) is 126 Å².